The summed E-state index contributed by atoms with van der Waals surface area (Å²) in [6, 6.07) is 14.5. The van der Waals surface area contributed by atoms with Crippen LogP contribution in [0.4, 0.5) is 11.4 Å². The van der Waals surface area contributed by atoms with Crippen LogP contribution in [-0.2, 0) is 15.0 Å². The van der Waals surface area contributed by atoms with Crippen molar-refractivity contribution in [3.8, 4) is 16.3 Å². The van der Waals surface area contributed by atoms with Gasteiger partial charge in [0.15, 0.2) is 6.61 Å². The van der Waals surface area contributed by atoms with Gasteiger partial charge in [0.05, 0.1) is 5.69 Å². The van der Waals surface area contributed by atoms with E-state index in [1.54, 1.807) is 35.6 Å². The minimum absolute atomic E-state index is 0.0206. The van der Waals surface area contributed by atoms with Gasteiger partial charge in [-0.2, -0.15) is 0 Å². The summed E-state index contributed by atoms with van der Waals surface area (Å²) < 4.78 is 5.59. The van der Waals surface area contributed by atoms with Crippen LogP contribution in [0, 0.1) is 0 Å². The van der Waals surface area contributed by atoms with Crippen molar-refractivity contribution in [3.63, 3.8) is 0 Å². The second-order valence-electron chi connectivity index (χ2n) is 7.91. The minimum atomic E-state index is -0.284. The van der Waals surface area contributed by atoms with E-state index in [0.29, 0.717) is 17.1 Å². The smallest absolute Gasteiger partial charge is 0.262 e. The predicted molar refractivity (Wildman–Crippen MR) is 121 cm³/mol. The second-order valence-corrected chi connectivity index (χ2v) is 8.77. The lowest BCUT2D eigenvalue weighted by Crippen LogP contribution is -2.20. The summed E-state index contributed by atoms with van der Waals surface area (Å²) >= 11 is 1.62. The first-order valence-electron chi connectivity index (χ1n) is 9.57. The largest absolute Gasteiger partial charge is 0.484 e. The fourth-order valence-electron chi connectivity index (χ4n) is 2.67. The molecule has 1 heterocycles. The average Bonchev–Trinajstić information content (AvgIpc) is 3.17. The van der Waals surface area contributed by atoms with Crippen molar-refractivity contribution in [2.75, 3.05) is 17.2 Å². The molecule has 0 aliphatic heterocycles. The van der Waals surface area contributed by atoms with Crippen LogP contribution in [-0.4, -0.2) is 23.4 Å². The molecule has 3 aromatic rings. The summed E-state index contributed by atoms with van der Waals surface area (Å²) in [7, 11) is 0. The Morgan fingerprint density at radius 3 is 2.30 bits per heavy atom. The second kappa shape index (κ2) is 9.09. The van der Waals surface area contributed by atoms with Crippen LogP contribution >= 0.6 is 11.3 Å². The van der Waals surface area contributed by atoms with Gasteiger partial charge >= 0.3 is 0 Å². The number of rotatable bonds is 6. The Bertz CT molecular complexity index is 1040. The van der Waals surface area contributed by atoms with Gasteiger partial charge in [-0.25, -0.2) is 4.98 Å². The predicted octanol–water partition coefficient (Wildman–Crippen LogP) is 5.08. The summed E-state index contributed by atoms with van der Waals surface area (Å²) in [5.74, 6) is 0.153. The molecule has 0 atom stereocenters. The van der Waals surface area contributed by atoms with Gasteiger partial charge in [-0.15, -0.1) is 11.3 Å². The molecule has 156 valence electrons. The standard InChI is InChI=1S/C23H25N3O3S/c1-15(27)24-17-6-5-7-18(12-17)25-21(28)13-29-19-10-8-16(9-11-19)22-26-20(14-30-22)23(2,3)4/h5-12,14H,13H2,1-4H3,(H,24,27)(H,25,28). The van der Waals surface area contributed by atoms with E-state index in [1.165, 1.54) is 6.92 Å². The Balaban J connectivity index is 1.55. The van der Waals surface area contributed by atoms with E-state index < -0.39 is 0 Å². The maximum atomic E-state index is 12.2. The number of nitrogens with one attached hydrogen (secondary N) is 2. The Morgan fingerprint density at radius 2 is 1.70 bits per heavy atom. The maximum Gasteiger partial charge on any atom is 0.262 e. The molecule has 6 nitrogen and oxygen atoms in total. The van der Waals surface area contributed by atoms with Crippen LogP contribution in [0.2, 0.25) is 0 Å². The van der Waals surface area contributed by atoms with Gasteiger partial charge in [0.1, 0.15) is 10.8 Å². The molecule has 0 saturated heterocycles. The molecule has 1 aromatic heterocycles. The van der Waals surface area contributed by atoms with Crippen molar-refractivity contribution in [2.45, 2.75) is 33.1 Å². The molecule has 7 heteroatoms. The molecule has 0 spiro atoms. The summed E-state index contributed by atoms with van der Waals surface area (Å²) in [4.78, 5) is 28.0. The minimum Gasteiger partial charge on any atom is -0.484 e. The van der Waals surface area contributed by atoms with E-state index in [-0.39, 0.29) is 23.8 Å². The fraction of sp³-hybridized carbons (Fsp3) is 0.261. The van der Waals surface area contributed by atoms with E-state index in [9.17, 15) is 9.59 Å². The van der Waals surface area contributed by atoms with E-state index in [4.69, 9.17) is 9.72 Å². The molecule has 0 saturated carbocycles. The number of benzene rings is 2. The monoisotopic (exact) mass is 423 g/mol. The quantitative estimate of drug-likeness (QED) is 0.579. The number of anilines is 2. The molecule has 0 bridgehead atoms. The highest BCUT2D eigenvalue weighted by atomic mass is 32.1. The van der Waals surface area contributed by atoms with Crippen LogP contribution in [0.25, 0.3) is 10.6 Å². The average molecular weight is 424 g/mol. The molecule has 3 rings (SSSR count). The van der Waals surface area contributed by atoms with Crippen molar-refractivity contribution >= 4 is 34.5 Å². The first kappa shape index (κ1) is 21.5. The van der Waals surface area contributed by atoms with Crippen LogP contribution in [0.1, 0.15) is 33.4 Å². The molecule has 0 aliphatic carbocycles. The van der Waals surface area contributed by atoms with Crippen molar-refractivity contribution in [2.24, 2.45) is 0 Å². The topological polar surface area (TPSA) is 80.3 Å². The Morgan fingerprint density at radius 1 is 1.03 bits per heavy atom. The molecule has 2 N–H and O–H groups in total. The SMILES string of the molecule is CC(=O)Nc1cccc(NC(=O)COc2ccc(-c3nc(C(C)(C)C)cs3)cc2)c1. The Kier molecular flexibility index (Phi) is 6.52. The zero-order valence-electron chi connectivity index (χ0n) is 17.5. The van der Waals surface area contributed by atoms with E-state index in [1.807, 2.05) is 24.3 Å². The molecular weight excluding hydrogens is 398 g/mol. The molecule has 0 radical (unpaired) electrons. The van der Waals surface area contributed by atoms with Crippen molar-refractivity contribution in [1.82, 2.24) is 4.98 Å². The van der Waals surface area contributed by atoms with Gasteiger partial charge in [-0.1, -0.05) is 26.8 Å². The number of hydrogen-bond acceptors (Lipinski definition) is 5. The summed E-state index contributed by atoms with van der Waals surface area (Å²) in [5, 5.41) is 8.48. The Hall–Kier alpha value is -3.19. The Labute approximate surface area is 180 Å². The number of aromatic nitrogens is 1. The molecule has 2 aromatic carbocycles. The van der Waals surface area contributed by atoms with Crippen LogP contribution in [0.3, 0.4) is 0 Å². The molecule has 2 amide bonds. The van der Waals surface area contributed by atoms with Gasteiger partial charge in [0, 0.05) is 34.7 Å². The van der Waals surface area contributed by atoms with Gasteiger partial charge in [0.25, 0.3) is 5.91 Å². The van der Waals surface area contributed by atoms with E-state index in [2.05, 4.69) is 36.8 Å². The zero-order valence-corrected chi connectivity index (χ0v) is 18.3. The number of carbonyl (C=O) groups is 2. The molecule has 0 unspecified atom stereocenters. The first-order valence-corrected chi connectivity index (χ1v) is 10.5. The number of thiazole rings is 1. The molecular formula is C23H25N3O3S. The highest BCUT2D eigenvalue weighted by Gasteiger charge is 2.18. The highest BCUT2D eigenvalue weighted by molar-refractivity contribution is 7.13. The summed E-state index contributed by atoms with van der Waals surface area (Å²) in [6.07, 6.45) is 0. The first-order chi connectivity index (χ1) is 14.2. The van der Waals surface area contributed by atoms with Crippen LogP contribution in [0.15, 0.2) is 53.9 Å². The van der Waals surface area contributed by atoms with E-state index in [0.717, 1.165) is 16.3 Å². The van der Waals surface area contributed by atoms with Gasteiger partial charge < -0.3 is 15.4 Å². The lowest BCUT2D eigenvalue weighted by atomic mass is 9.93. The summed E-state index contributed by atoms with van der Waals surface area (Å²) in [6.45, 7) is 7.75. The van der Waals surface area contributed by atoms with Gasteiger partial charge in [-0.3, -0.25) is 9.59 Å². The van der Waals surface area contributed by atoms with Crippen molar-refractivity contribution < 1.29 is 14.3 Å². The van der Waals surface area contributed by atoms with Gasteiger partial charge in [0.2, 0.25) is 5.91 Å². The number of nitrogens with zero attached hydrogens (tertiary/aromatic N) is 1. The normalized spacial score (nSPS) is 11.1. The van der Waals surface area contributed by atoms with Crippen molar-refractivity contribution in [3.05, 3.63) is 59.6 Å². The fourth-order valence-corrected chi connectivity index (χ4v) is 3.72. The summed E-state index contributed by atoms with van der Waals surface area (Å²) in [5.41, 5.74) is 3.31. The number of carbonyl (C=O) groups excluding carboxylic acids is 2. The lowest BCUT2D eigenvalue weighted by molar-refractivity contribution is -0.118. The third-order valence-corrected chi connectivity index (χ3v) is 5.10. The number of amides is 2. The molecule has 0 aliphatic rings. The zero-order chi connectivity index (χ0) is 21.7. The third-order valence-electron chi connectivity index (χ3n) is 4.21. The van der Waals surface area contributed by atoms with Gasteiger partial charge in [-0.05, 0) is 42.5 Å². The lowest BCUT2D eigenvalue weighted by Gasteiger charge is -2.14. The van der Waals surface area contributed by atoms with Crippen LogP contribution in [0.5, 0.6) is 5.75 Å². The van der Waals surface area contributed by atoms with Crippen LogP contribution < -0.4 is 15.4 Å². The highest BCUT2D eigenvalue weighted by Crippen LogP contribution is 2.30. The number of hydrogen-bond donors (Lipinski definition) is 2. The van der Waals surface area contributed by atoms with Crippen molar-refractivity contribution in [1.29, 1.82) is 0 Å². The molecule has 0 fully saturated rings. The maximum absolute atomic E-state index is 12.2. The third kappa shape index (κ3) is 5.90. The molecule has 30 heavy (non-hydrogen) atoms. The number of ether oxygens (including phenoxy) is 1. The van der Waals surface area contributed by atoms with E-state index >= 15 is 0 Å².